The number of ether oxygens (including phenoxy) is 2. The molecule has 2 aromatic rings. The molecule has 2 aromatic carbocycles. The fraction of sp³-hybridized carbons (Fsp3) is 0.118. The van der Waals surface area contributed by atoms with Gasteiger partial charge in [0.25, 0.3) is 5.69 Å². The molecule has 0 unspecified atom stereocenters. The largest absolute Gasteiger partial charge is 0.493 e. The summed E-state index contributed by atoms with van der Waals surface area (Å²) in [6, 6.07) is 7.34. The van der Waals surface area contributed by atoms with Crippen LogP contribution in [0.15, 0.2) is 40.9 Å². The number of nitro groups is 1. The van der Waals surface area contributed by atoms with Crippen molar-refractivity contribution < 1.29 is 19.2 Å². The summed E-state index contributed by atoms with van der Waals surface area (Å²) in [5.74, 6) is 0.674. The lowest BCUT2D eigenvalue weighted by Gasteiger charge is -2.09. The van der Waals surface area contributed by atoms with Gasteiger partial charge >= 0.3 is 0 Å². The van der Waals surface area contributed by atoms with E-state index in [2.05, 4.69) is 15.9 Å². The molecule has 0 N–H and O–H groups in total. The first-order valence-corrected chi connectivity index (χ1v) is 8.12. The van der Waals surface area contributed by atoms with Crippen molar-refractivity contribution in [1.29, 1.82) is 0 Å². The molecule has 0 aromatic heterocycles. The van der Waals surface area contributed by atoms with Crippen molar-refractivity contribution in [3.63, 3.8) is 0 Å². The van der Waals surface area contributed by atoms with Crippen molar-refractivity contribution >= 4 is 45.1 Å². The third-order valence-corrected chi connectivity index (χ3v) is 4.35. The van der Waals surface area contributed by atoms with Gasteiger partial charge in [0.1, 0.15) is 5.02 Å². The summed E-state index contributed by atoms with van der Waals surface area (Å²) in [7, 11) is 3.04. The fourth-order valence-corrected chi connectivity index (χ4v) is 2.71. The van der Waals surface area contributed by atoms with Crippen LogP contribution in [-0.2, 0) is 0 Å². The Balaban J connectivity index is 2.32. The molecule has 0 radical (unpaired) electrons. The van der Waals surface area contributed by atoms with Crippen molar-refractivity contribution in [2.24, 2.45) is 0 Å². The van der Waals surface area contributed by atoms with E-state index in [9.17, 15) is 14.9 Å². The summed E-state index contributed by atoms with van der Waals surface area (Å²) in [4.78, 5) is 22.5. The zero-order chi connectivity index (χ0) is 18.6. The minimum Gasteiger partial charge on any atom is -0.493 e. The minimum atomic E-state index is -0.631. The van der Waals surface area contributed by atoms with Gasteiger partial charge in [-0.2, -0.15) is 0 Å². The molecule has 0 heterocycles. The van der Waals surface area contributed by atoms with E-state index in [-0.39, 0.29) is 22.1 Å². The van der Waals surface area contributed by atoms with Gasteiger partial charge in [0.05, 0.1) is 19.1 Å². The van der Waals surface area contributed by atoms with Crippen LogP contribution in [0.2, 0.25) is 5.02 Å². The predicted molar refractivity (Wildman–Crippen MR) is 98.7 cm³/mol. The number of benzene rings is 2. The second kappa shape index (κ2) is 8.13. The number of nitro benzene ring substituents is 1. The van der Waals surface area contributed by atoms with E-state index >= 15 is 0 Å². The smallest absolute Gasteiger partial charge is 0.288 e. The van der Waals surface area contributed by atoms with Crippen molar-refractivity contribution in [2.75, 3.05) is 14.2 Å². The number of carbonyl (C=O) groups excluding carboxylic acids is 1. The summed E-state index contributed by atoms with van der Waals surface area (Å²) in [6.45, 7) is 0. The maximum Gasteiger partial charge on any atom is 0.288 e. The molecular weight excluding hydrogens is 414 g/mol. The lowest BCUT2D eigenvalue weighted by Crippen LogP contribution is -1.97. The second-order valence-corrected chi connectivity index (χ2v) is 6.11. The van der Waals surface area contributed by atoms with Gasteiger partial charge in [0, 0.05) is 16.1 Å². The SMILES string of the molecule is COc1cc(Br)c(/C=C/C(=O)c2ccc(Cl)c([N+](=O)[O-])c2)cc1OC. The van der Waals surface area contributed by atoms with Gasteiger partial charge in [-0.3, -0.25) is 14.9 Å². The first kappa shape index (κ1) is 19.0. The molecule has 6 nitrogen and oxygen atoms in total. The molecule has 0 aliphatic carbocycles. The molecule has 0 aliphatic rings. The van der Waals surface area contributed by atoms with E-state index in [1.54, 1.807) is 18.2 Å². The molecule has 0 saturated heterocycles. The molecule has 8 heteroatoms. The number of methoxy groups -OCH3 is 2. The van der Waals surface area contributed by atoms with E-state index in [1.807, 2.05) is 0 Å². The Morgan fingerprint density at radius 1 is 1.20 bits per heavy atom. The van der Waals surface area contributed by atoms with Crippen LogP contribution in [0.1, 0.15) is 15.9 Å². The molecule has 0 saturated carbocycles. The zero-order valence-electron chi connectivity index (χ0n) is 13.3. The van der Waals surface area contributed by atoms with Crippen molar-refractivity contribution in [1.82, 2.24) is 0 Å². The van der Waals surface area contributed by atoms with E-state index in [4.69, 9.17) is 21.1 Å². The number of nitrogens with zero attached hydrogens (tertiary/aromatic N) is 1. The predicted octanol–water partition coefficient (Wildman–Crippen LogP) is 4.92. The quantitative estimate of drug-likeness (QED) is 0.283. The van der Waals surface area contributed by atoms with Gasteiger partial charge in [-0.15, -0.1) is 0 Å². The standard InChI is InChI=1S/C17H13BrClNO5/c1-24-16-8-10(12(18)9-17(16)25-2)4-6-15(21)11-3-5-13(19)14(7-11)20(22)23/h3-9H,1-2H3/b6-4+. The van der Waals surface area contributed by atoms with Crippen LogP contribution in [-0.4, -0.2) is 24.9 Å². The Morgan fingerprint density at radius 3 is 2.44 bits per heavy atom. The fourth-order valence-electron chi connectivity index (χ4n) is 2.07. The first-order chi connectivity index (χ1) is 11.9. The number of allylic oxidation sites excluding steroid dienone is 1. The number of hydrogen-bond acceptors (Lipinski definition) is 5. The number of ketones is 1. The molecule has 0 aliphatic heterocycles. The number of carbonyl (C=O) groups is 1. The maximum atomic E-state index is 12.3. The average molecular weight is 427 g/mol. The summed E-state index contributed by atoms with van der Waals surface area (Å²) >= 11 is 9.14. The van der Waals surface area contributed by atoms with Crippen LogP contribution in [0.3, 0.4) is 0 Å². The lowest BCUT2D eigenvalue weighted by atomic mass is 10.1. The van der Waals surface area contributed by atoms with Gasteiger partial charge in [-0.05, 0) is 42.0 Å². The molecule has 0 amide bonds. The Morgan fingerprint density at radius 2 is 1.84 bits per heavy atom. The molecule has 0 spiro atoms. The van der Waals surface area contributed by atoms with E-state index in [0.717, 1.165) is 6.07 Å². The highest BCUT2D eigenvalue weighted by atomic mass is 79.9. The van der Waals surface area contributed by atoms with Gasteiger partial charge in [0.15, 0.2) is 17.3 Å². The Labute approximate surface area is 157 Å². The highest BCUT2D eigenvalue weighted by Gasteiger charge is 2.15. The summed E-state index contributed by atoms with van der Waals surface area (Å²) < 4.78 is 11.1. The minimum absolute atomic E-state index is 0.0202. The zero-order valence-corrected chi connectivity index (χ0v) is 15.6. The van der Waals surface area contributed by atoms with Crippen LogP contribution in [0, 0.1) is 10.1 Å². The van der Waals surface area contributed by atoms with E-state index in [0.29, 0.717) is 21.5 Å². The number of hydrogen-bond donors (Lipinski definition) is 0. The van der Waals surface area contributed by atoms with Gasteiger partial charge < -0.3 is 9.47 Å². The first-order valence-electron chi connectivity index (χ1n) is 6.95. The summed E-state index contributed by atoms with van der Waals surface area (Å²) in [5, 5.41) is 10.9. The third-order valence-electron chi connectivity index (χ3n) is 3.34. The normalized spacial score (nSPS) is 10.7. The monoisotopic (exact) mass is 425 g/mol. The number of halogens is 2. The van der Waals surface area contributed by atoms with E-state index in [1.165, 1.54) is 32.4 Å². The van der Waals surface area contributed by atoms with Crippen LogP contribution < -0.4 is 9.47 Å². The second-order valence-electron chi connectivity index (χ2n) is 4.85. The summed E-state index contributed by atoms with van der Waals surface area (Å²) in [5.41, 5.74) is 0.548. The molecular formula is C17H13BrClNO5. The highest BCUT2D eigenvalue weighted by molar-refractivity contribution is 9.10. The molecule has 0 fully saturated rings. The highest BCUT2D eigenvalue weighted by Crippen LogP contribution is 2.34. The summed E-state index contributed by atoms with van der Waals surface area (Å²) in [6.07, 6.45) is 2.90. The lowest BCUT2D eigenvalue weighted by molar-refractivity contribution is -0.384. The Bertz CT molecular complexity index is 866. The molecule has 25 heavy (non-hydrogen) atoms. The van der Waals surface area contributed by atoms with Crippen LogP contribution in [0.4, 0.5) is 5.69 Å². The number of rotatable bonds is 6. The Kier molecular flexibility index (Phi) is 6.17. The van der Waals surface area contributed by atoms with E-state index < -0.39 is 4.92 Å². The van der Waals surface area contributed by atoms with Crippen molar-refractivity contribution in [3.05, 3.63) is 67.1 Å². The topological polar surface area (TPSA) is 78.7 Å². The van der Waals surface area contributed by atoms with Crippen molar-refractivity contribution in [3.8, 4) is 11.5 Å². The van der Waals surface area contributed by atoms with Crippen molar-refractivity contribution in [2.45, 2.75) is 0 Å². The van der Waals surface area contributed by atoms with Crippen LogP contribution in [0.5, 0.6) is 11.5 Å². The Hall–Kier alpha value is -2.38. The molecule has 0 atom stereocenters. The third kappa shape index (κ3) is 4.37. The average Bonchev–Trinajstić information content (AvgIpc) is 2.60. The van der Waals surface area contributed by atoms with Crippen LogP contribution in [0.25, 0.3) is 6.08 Å². The van der Waals surface area contributed by atoms with Gasteiger partial charge in [-0.25, -0.2) is 0 Å². The van der Waals surface area contributed by atoms with Crippen LogP contribution >= 0.6 is 27.5 Å². The van der Waals surface area contributed by atoms with Gasteiger partial charge in [0.2, 0.25) is 0 Å². The molecule has 2 rings (SSSR count). The maximum absolute atomic E-state index is 12.3. The molecule has 130 valence electrons. The van der Waals surface area contributed by atoms with Gasteiger partial charge in [-0.1, -0.05) is 27.5 Å². The molecule has 0 bridgehead atoms.